The van der Waals surface area contributed by atoms with E-state index in [0.717, 1.165) is 12.8 Å². The minimum atomic E-state index is -0.967. The molecular weight excluding hydrogens is 220 g/mol. The van der Waals surface area contributed by atoms with Crippen molar-refractivity contribution >= 4 is 11.9 Å². The number of nitrogens with zero attached hydrogens (tertiary/aromatic N) is 1. The van der Waals surface area contributed by atoms with E-state index in [-0.39, 0.29) is 5.91 Å². The monoisotopic (exact) mass is 242 g/mol. The lowest BCUT2D eigenvalue weighted by atomic mass is 9.97. The van der Waals surface area contributed by atoms with Crippen molar-refractivity contribution < 1.29 is 14.7 Å². The molecule has 1 aliphatic rings. The van der Waals surface area contributed by atoms with Crippen molar-refractivity contribution in [1.29, 1.82) is 0 Å². The summed E-state index contributed by atoms with van der Waals surface area (Å²) < 4.78 is 0. The topological polar surface area (TPSA) is 69.6 Å². The second-order valence-corrected chi connectivity index (χ2v) is 4.92. The molecule has 0 aliphatic carbocycles. The van der Waals surface area contributed by atoms with E-state index in [1.165, 1.54) is 13.3 Å². The van der Waals surface area contributed by atoms with Gasteiger partial charge in [-0.3, -0.25) is 9.69 Å². The fourth-order valence-corrected chi connectivity index (χ4v) is 2.48. The normalized spacial score (nSPS) is 27.5. The van der Waals surface area contributed by atoms with Gasteiger partial charge >= 0.3 is 5.97 Å². The molecule has 0 aromatic rings. The molecule has 5 nitrogen and oxygen atoms in total. The Labute approximate surface area is 102 Å². The highest BCUT2D eigenvalue weighted by Gasteiger charge is 2.29. The molecule has 98 valence electrons. The van der Waals surface area contributed by atoms with E-state index in [1.54, 1.807) is 0 Å². The molecule has 1 rings (SSSR count). The van der Waals surface area contributed by atoms with Crippen molar-refractivity contribution in [3.05, 3.63) is 0 Å². The molecule has 0 aromatic heterocycles. The highest BCUT2D eigenvalue weighted by molar-refractivity contribution is 5.82. The molecule has 3 unspecified atom stereocenters. The minimum absolute atomic E-state index is 0.297. The van der Waals surface area contributed by atoms with Crippen LogP contribution in [0, 0.1) is 0 Å². The molecule has 3 atom stereocenters. The van der Waals surface area contributed by atoms with E-state index in [0.29, 0.717) is 18.6 Å². The molecule has 1 heterocycles. The average molecular weight is 242 g/mol. The van der Waals surface area contributed by atoms with Gasteiger partial charge in [0.1, 0.15) is 6.04 Å². The largest absolute Gasteiger partial charge is 0.480 e. The van der Waals surface area contributed by atoms with Crippen LogP contribution in [0.2, 0.25) is 0 Å². The molecule has 2 N–H and O–H groups in total. The van der Waals surface area contributed by atoms with Crippen LogP contribution in [-0.4, -0.2) is 46.6 Å². The van der Waals surface area contributed by atoms with Gasteiger partial charge in [0.05, 0.1) is 0 Å². The highest BCUT2D eigenvalue weighted by atomic mass is 16.4. The number of piperidine rings is 1. The van der Waals surface area contributed by atoms with Crippen LogP contribution in [0.4, 0.5) is 0 Å². The maximum atomic E-state index is 11.1. The van der Waals surface area contributed by atoms with Crippen molar-refractivity contribution in [3.63, 3.8) is 0 Å². The summed E-state index contributed by atoms with van der Waals surface area (Å²) >= 11 is 0. The third-order valence-electron chi connectivity index (χ3n) is 3.45. The molecule has 1 aliphatic heterocycles. The lowest BCUT2D eigenvalue weighted by Crippen LogP contribution is -2.53. The zero-order chi connectivity index (χ0) is 13.0. The standard InChI is InChI=1S/C12H22N2O3/c1-8-5-4-6-9(2)14(8)7-11(12(16)17)13-10(3)15/h8-9,11H,4-7H2,1-3H3,(H,13,15)(H,16,17). The van der Waals surface area contributed by atoms with Gasteiger partial charge in [-0.1, -0.05) is 6.42 Å². The Morgan fingerprint density at radius 2 is 1.88 bits per heavy atom. The van der Waals surface area contributed by atoms with Crippen LogP contribution in [0.15, 0.2) is 0 Å². The van der Waals surface area contributed by atoms with Gasteiger partial charge in [0, 0.05) is 25.6 Å². The Morgan fingerprint density at radius 1 is 1.35 bits per heavy atom. The summed E-state index contributed by atoms with van der Waals surface area (Å²) in [5, 5.41) is 11.6. The number of carboxylic acid groups (broad SMARTS) is 1. The molecule has 1 saturated heterocycles. The van der Waals surface area contributed by atoms with Crippen LogP contribution >= 0.6 is 0 Å². The summed E-state index contributed by atoms with van der Waals surface area (Å²) in [7, 11) is 0. The third-order valence-corrected chi connectivity index (χ3v) is 3.45. The van der Waals surface area contributed by atoms with Crippen molar-refractivity contribution in [1.82, 2.24) is 10.2 Å². The first-order valence-electron chi connectivity index (χ1n) is 6.17. The van der Waals surface area contributed by atoms with Gasteiger partial charge in [-0.15, -0.1) is 0 Å². The number of rotatable bonds is 4. The fourth-order valence-electron chi connectivity index (χ4n) is 2.48. The Kier molecular flexibility index (Phi) is 4.93. The third kappa shape index (κ3) is 4.00. The highest BCUT2D eigenvalue weighted by Crippen LogP contribution is 2.22. The molecule has 1 fully saturated rings. The molecule has 0 saturated carbocycles. The van der Waals surface area contributed by atoms with Crippen molar-refractivity contribution in [2.75, 3.05) is 6.54 Å². The fraction of sp³-hybridized carbons (Fsp3) is 0.833. The lowest BCUT2D eigenvalue weighted by molar-refractivity contribution is -0.142. The predicted octanol–water partition coefficient (Wildman–Crippen LogP) is 0.839. The lowest BCUT2D eigenvalue weighted by Gasteiger charge is -2.40. The molecule has 17 heavy (non-hydrogen) atoms. The second kappa shape index (κ2) is 6.00. The van der Waals surface area contributed by atoms with Crippen molar-refractivity contribution in [2.24, 2.45) is 0 Å². The average Bonchev–Trinajstić information content (AvgIpc) is 2.21. The van der Waals surface area contributed by atoms with Crippen molar-refractivity contribution in [2.45, 2.75) is 58.2 Å². The Morgan fingerprint density at radius 3 is 2.29 bits per heavy atom. The van der Waals surface area contributed by atoms with Gasteiger partial charge in [-0.2, -0.15) is 0 Å². The minimum Gasteiger partial charge on any atom is -0.480 e. The van der Waals surface area contributed by atoms with Crippen molar-refractivity contribution in [3.8, 4) is 0 Å². The summed E-state index contributed by atoms with van der Waals surface area (Å²) in [5.74, 6) is -1.26. The maximum absolute atomic E-state index is 11.1. The van der Waals surface area contributed by atoms with Crippen LogP contribution < -0.4 is 5.32 Å². The van der Waals surface area contributed by atoms with Gasteiger partial charge in [0.2, 0.25) is 5.91 Å². The van der Waals surface area contributed by atoms with Crippen LogP contribution in [0.5, 0.6) is 0 Å². The molecule has 0 radical (unpaired) electrons. The Bertz CT molecular complexity index is 283. The zero-order valence-electron chi connectivity index (χ0n) is 10.8. The van der Waals surface area contributed by atoms with Crippen LogP contribution in [0.3, 0.4) is 0 Å². The number of carboxylic acids is 1. The number of carbonyl (C=O) groups excluding carboxylic acids is 1. The summed E-state index contributed by atoms with van der Waals surface area (Å²) in [6, 6.07) is -0.0424. The van der Waals surface area contributed by atoms with Gasteiger partial charge in [0.15, 0.2) is 0 Å². The first-order valence-corrected chi connectivity index (χ1v) is 6.17. The van der Waals surface area contributed by atoms with Gasteiger partial charge < -0.3 is 10.4 Å². The van der Waals surface area contributed by atoms with E-state index in [4.69, 9.17) is 5.11 Å². The number of hydrogen-bond donors (Lipinski definition) is 2. The molecule has 1 amide bonds. The summed E-state index contributed by atoms with van der Waals surface area (Å²) in [6.45, 7) is 5.96. The van der Waals surface area contributed by atoms with Gasteiger partial charge in [0.25, 0.3) is 0 Å². The first kappa shape index (κ1) is 14.0. The van der Waals surface area contributed by atoms with Gasteiger partial charge in [-0.25, -0.2) is 4.79 Å². The molecule has 0 aromatic carbocycles. The van der Waals surface area contributed by atoms with E-state index < -0.39 is 12.0 Å². The maximum Gasteiger partial charge on any atom is 0.327 e. The number of aliphatic carboxylic acids is 1. The summed E-state index contributed by atoms with van der Waals surface area (Å²) in [5.41, 5.74) is 0. The predicted molar refractivity (Wildman–Crippen MR) is 64.7 cm³/mol. The smallest absolute Gasteiger partial charge is 0.327 e. The van der Waals surface area contributed by atoms with Crippen LogP contribution in [0.25, 0.3) is 0 Å². The second-order valence-electron chi connectivity index (χ2n) is 4.92. The molecule has 5 heteroatoms. The molecular formula is C12H22N2O3. The zero-order valence-corrected chi connectivity index (χ0v) is 10.8. The Balaban J connectivity index is 2.64. The van der Waals surface area contributed by atoms with Crippen LogP contribution in [-0.2, 0) is 9.59 Å². The molecule has 0 spiro atoms. The van der Waals surface area contributed by atoms with Gasteiger partial charge in [-0.05, 0) is 26.7 Å². The number of hydrogen-bond acceptors (Lipinski definition) is 3. The SMILES string of the molecule is CC(=O)NC(CN1C(C)CCCC1C)C(=O)O. The quantitative estimate of drug-likeness (QED) is 0.766. The van der Waals surface area contributed by atoms with E-state index in [2.05, 4.69) is 24.1 Å². The van der Waals surface area contributed by atoms with E-state index in [1.807, 2.05) is 0 Å². The first-order chi connectivity index (χ1) is 7.91. The number of nitrogens with one attached hydrogen (secondary N) is 1. The molecule has 0 bridgehead atoms. The summed E-state index contributed by atoms with van der Waals surface area (Å²) in [4.78, 5) is 24.2. The number of carbonyl (C=O) groups is 2. The van der Waals surface area contributed by atoms with Crippen LogP contribution in [0.1, 0.15) is 40.0 Å². The van der Waals surface area contributed by atoms with E-state index >= 15 is 0 Å². The summed E-state index contributed by atoms with van der Waals surface area (Å²) in [6.07, 6.45) is 3.38. The number of likely N-dealkylation sites (tertiary alicyclic amines) is 1. The Hall–Kier alpha value is -1.10. The number of amides is 1. The van der Waals surface area contributed by atoms with E-state index in [9.17, 15) is 9.59 Å².